The number of rotatable bonds is 7. The third-order valence-electron chi connectivity index (χ3n) is 3.36. The first-order valence-electron chi connectivity index (χ1n) is 6.41. The highest BCUT2D eigenvalue weighted by atomic mass is 19.4. The number of hydrogen-bond acceptors (Lipinski definition) is 2. The Morgan fingerprint density at radius 2 is 1.76 bits per heavy atom. The van der Waals surface area contributed by atoms with Crippen LogP contribution in [0.1, 0.15) is 38.5 Å². The number of hydrogen-bond donors (Lipinski definition) is 1. The largest absolute Gasteiger partial charge is 0.401 e. The SMILES string of the molecule is OCCCN(CCC1CCCC1)CC(F)(F)F. The Balaban J connectivity index is 2.28. The molecule has 17 heavy (non-hydrogen) atoms. The van der Waals surface area contributed by atoms with E-state index in [2.05, 4.69) is 0 Å². The van der Waals surface area contributed by atoms with Gasteiger partial charge in [-0.05, 0) is 25.3 Å². The second-order valence-electron chi connectivity index (χ2n) is 4.91. The molecule has 1 aliphatic rings. The van der Waals surface area contributed by atoms with E-state index in [0.717, 1.165) is 6.42 Å². The average Bonchev–Trinajstić information content (AvgIpc) is 2.73. The highest BCUT2D eigenvalue weighted by molar-refractivity contribution is 4.71. The molecule has 0 heterocycles. The number of nitrogens with zero attached hydrogens (tertiary/aromatic N) is 1. The van der Waals surface area contributed by atoms with Crippen LogP contribution in [0.25, 0.3) is 0 Å². The molecule has 1 aliphatic carbocycles. The van der Waals surface area contributed by atoms with Crippen molar-refractivity contribution in [1.29, 1.82) is 0 Å². The van der Waals surface area contributed by atoms with Gasteiger partial charge in [0.2, 0.25) is 0 Å². The van der Waals surface area contributed by atoms with Gasteiger partial charge in [-0.15, -0.1) is 0 Å². The Hall–Kier alpha value is -0.290. The molecule has 2 nitrogen and oxygen atoms in total. The molecule has 0 aliphatic heterocycles. The molecule has 0 radical (unpaired) electrons. The molecule has 0 aromatic rings. The molecule has 1 rings (SSSR count). The van der Waals surface area contributed by atoms with Gasteiger partial charge in [0.05, 0.1) is 6.54 Å². The maximum atomic E-state index is 12.3. The predicted octanol–water partition coefficient (Wildman–Crippen LogP) is 2.81. The van der Waals surface area contributed by atoms with Crippen molar-refractivity contribution in [2.24, 2.45) is 5.92 Å². The summed E-state index contributed by atoms with van der Waals surface area (Å²) in [6.07, 6.45) is 1.92. The van der Waals surface area contributed by atoms with Gasteiger partial charge in [0.1, 0.15) is 0 Å². The first-order valence-corrected chi connectivity index (χ1v) is 6.41. The molecule has 0 aromatic carbocycles. The molecule has 0 saturated heterocycles. The zero-order chi connectivity index (χ0) is 12.7. The molecular formula is C12H22F3NO. The Kier molecular flexibility index (Phi) is 6.27. The van der Waals surface area contributed by atoms with E-state index in [1.807, 2.05) is 0 Å². The molecule has 0 spiro atoms. The van der Waals surface area contributed by atoms with Crippen LogP contribution in [0.5, 0.6) is 0 Å². The van der Waals surface area contributed by atoms with Crippen LogP contribution >= 0.6 is 0 Å². The van der Waals surface area contributed by atoms with Gasteiger partial charge in [-0.1, -0.05) is 25.7 Å². The van der Waals surface area contributed by atoms with Crippen molar-refractivity contribution in [3.05, 3.63) is 0 Å². The second-order valence-corrected chi connectivity index (χ2v) is 4.91. The summed E-state index contributed by atoms with van der Waals surface area (Å²) in [4.78, 5) is 1.43. The molecule has 5 heteroatoms. The van der Waals surface area contributed by atoms with Gasteiger partial charge in [-0.2, -0.15) is 13.2 Å². The summed E-state index contributed by atoms with van der Waals surface area (Å²) in [6.45, 7) is -0.0512. The maximum Gasteiger partial charge on any atom is 0.401 e. The van der Waals surface area contributed by atoms with Crippen LogP contribution in [-0.4, -0.2) is 42.4 Å². The summed E-state index contributed by atoms with van der Waals surface area (Å²) in [7, 11) is 0. The van der Waals surface area contributed by atoms with E-state index >= 15 is 0 Å². The zero-order valence-electron chi connectivity index (χ0n) is 10.2. The summed E-state index contributed by atoms with van der Waals surface area (Å²) in [5.74, 6) is 0.611. The molecule has 1 N–H and O–H groups in total. The van der Waals surface area contributed by atoms with Crippen LogP contribution in [0, 0.1) is 5.92 Å². The molecule has 0 amide bonds. The topological polar surface area (TPSA) is 23.5 Å². The highest BCUT2D eigenvalue weighted by Crippen LogP contribution is 2.28. The van der Waals surface area contributed by atoms with Crippen molar-refractivity contribution in [1.82, 2.24) is 4.90 Å². The van der Waals surface area contributed by atoms with E-state index in [0.29, 0.717) is 25.4 Å². The van der Waals surface area contributed by atoms with E-state index in [-0.39, 0.29) is 6.61 Å². The lowest BCUT2D eigenvalue weighted by Crippen LogP contribution is -2.36. The standard InChI is InChI=1S/C12H22F3NO/c13-12(14,15)10-16(7-3-9-17)8-6-11-4-1-2-5-11/h11,17H,1-10H2. The second kappa shape index (κ2) is 7.21. The first kappa shape index (κ1) is 14.8. The minimum absolute atomic E-state index is 0.0439. The molecule has 1 saturated carbocycles. The van der Waals surface area contributed by atoms with Crippen molar-refractivity contribution in [3.8, 4) is 0 Å². The minimum Gasteiger partial charge on any atom is -0.396 e. The molecule has 0 bridgehead atoms. The van der Waals surface area contributed by atoms with E-state index < -0.39 is 12.7 Å². The van der Waals surface area contributed by atoms with Gasteiger partial charge < -0.3 is 5.11 Å². The zero-order valence-corrected chi connectivity index (χ0v) is 10.2. The van der Waals surface area contributed by atoms with Gasteiger partial charge >= 0.3 is 6.18 Å². The van der Waals surface area contributed by atoms with Crippen molar-refractivity contribution in [3.63, 3.8) is 0 Å². The van der Waals surface area contributed by atoms with Gasteiger partial charge in [0.25, 0.3) is 0 Å². The third-order valence-corrected chi connectivity index (χ3v) is 3.36. The van der Waals surface area contributed by atoms with Crippen molar-refractivity contribution < 1.29 is 18.3 Å². The Labute approximate surface area is 101 Å². The van der Waals surface area contributed by atoms with Crippen LogP contribution < -0.4 is 0 Å². The normalized spacial score (nSPS) is 18.2. The Bertz CT molecular complexity index is 202. The molecule has 0 atom stereocenters. The molecule has 1 fully saturated rings. The summed E-state index contributed by atoms with van der Waals surface area (Å²) < 4.78 is 37.0. The summed E-state index contributed by atoms with van der Waals surface area (Å²) >= 11 is 0. The fraction of sp³-hybridized carbons (Fsp3) is 1.00. The van der Waals surface area contributed by atoms with E-state index in [9.17, 15) is 13.2 Å². The van der Waals surface area contributed by atoms with Crippen molar-refractivity contribution in [2.75, 3.05) is 26.2 Å². The van der Waals surface area contributed by atoms with E-state index in [1.165, 1.54) is 30.6 Å². The molecule has 0 unspecified atom stereocenters. The Morgan fingerprint density at radius 1 is 1.12 bits per heavy atom. The quantitative estimate of drug-likeness (QED) is 0.754. The number of aliphatic hydroxyl groups is 1. The van der Waals surface area contributed by atoms with Crippen LogP contribution in [0.4, 0.5) is 13.2 Å². The number of aliphatic hydroxyl groups excluding tert-OH is 1. The lowest BCUT2D eigenvalue weighted by atomic mass is 10.0. The number of halogens is 3. The van der Waals surface area contributed by atoms with Crippen molar-refractivity contribution >= 4 is 0 Å². The van der Waals surface area contributed by atoms with E-state index in [4.69, 9.17) is 5.11 Å². The summed E-state index contributed by atoms with van der Waals surface area (Å²) in [5, 5.41) is 8.69. The smallest absolute Gasteiger partial charge is 0.396 e. The predicted molar refractivity (Wildman–Crippen MR) is 60.8 cm³/mol. The lowest BCUT2D eigenvalue weighted by Gasteiger charge is -2.24. The van der Waals surface area contributed by atoms with Crippen molar-refractivity contribution in [2.45, 2.75) is 44.7 Å². The van der Waals surface area contributed by atoms with Gasteiger partial charge in [-0.3, -0.25) is 4.90 Å². The molecule has 0 aromatic heterocycles. The summed E-state index contributed by atoms with van der Waals surface area (Å²) in [6, 6.07) is 0. The van der Waals surface area contributed by atoms with Crippen LogP contribution in [0.2, 0.25) is 0 Å². The summed E-state index contributed by atoms with van der Waals surface area (Å²) in [5.41, 5.74) is 0. The van der Waals surface area contributed by atoms with Crippen LogP contribution in [-0.2, 0) is 0 Å². The third kappa shape index (κ3) is 6.88. The fourth-order valence-corrected chi connectivity index (χ4v) is 2.48. The lowest BCUT2D eigenvalue weighted by molar-refractivity contribution is -0.146. The van der Waals surface area contributed by atoms with Crippen LogP contribution in [0.3, 0.4) is 0 Å². The highest BCUT2D eigenvalue weighted by Gasteiger charge is 2.30. The van der Waals surface area contributed by atoms with Crippen LogP contribution in [0.15, 0.2) is 0 Å². The maximum absolute atomic E-state index is 12.3. The van der Waals surface area contributed by atoms with Gasteiger partial charge in [0.15, 0.2) is 0 Å². The van der Waals surface area contributed by atoms with Gasteiger partial charge in [-0.25, -0.2) is 0 Å². The van der Waals surface area contributed by atoms with E-state index in [1.54, 1.807) is 0 Å². The fourth-order valence-electron chi connectivity index (χ4n) is 2.48. The molecule has 102 valence electrons. The monoisotopic (exact) mass is 253 g/mol. The van der Waals surface area contributed by atoms with Gasteiger partial charge in [0, 0.05) is 13.2 Å². The molecular weight excluding hydrogens is 231 g/mol. The first-order chi connectivity index (χ1) is 8.01. The minimum atomic E-state index is -4.13. The number of alkyl halides is 3. The average molecular weight is 253 g/mol. The Morgan fingerprint density at radius 3 is 2.29 bits per heavy atom.